The minimum atomic E-state index is -0.290. The molecule has 3 amide bonds. The van der Waals surface area contributed by atoms with Crippen molar-refractivity contribution >= 4 is 56.7 Å². The largest absolute Gasteiger partial charge is 0.341 e. The molecule has 0 fully saturated rings. The maximum Gasteiger partial charge on any atom is 0.318 e. The fourth-order valence-corrected chi connectivity index (χ4v) is 2.92. The van der Waals surface area contributed by atoms with E-state index in [1.807, 2.05) is 12.1 Å². The molecule has 0 aliphatic carbocycles. The number of anilines is 2. The molecule has 0 aliphatic heterocycles. The van der Waals surface area contributed by atoms with E-state index in [0.29, 0.717) is 11.4 Å². The first-order valence-corrected chi connectivity index (χ1v) is 8.01. The summed E-state index contributed by atoms with van der Waals surface area (Å²) < 4.78 is 1.02. The first-order chi connectivity index (χ1) is 10.6. The monoisotopic (exact) mass is 379 g/mol. The van der Waals surface area contributed by atoms with Gasteiger partial charge in [-0.1, -0.05) is 0 Å². The highest BCUT2D eigenvalue weighted by molar-refractivity contribution is 9.11. The van der Waals surface area contributed by atoms with E-state index < -0.39 is 0 Å². The van der Waals surface area contributed by atoms with Crippen LogP contribution in [0.2, 0.25) is 0 Å². The van der Waals surface area contributed by atoms with E-state index >= 15 is 0 Å². The number of urea groups is 1. The van der Waals surface area contributed by atoms with Gasteiger partial charge < -0.3 is 16.0 Å². The van der Waals surface area contributed by atoms with E-state index in [1.165, 1.54) is 6.08 Å². The normalized spacial score (nSPS) is 10.5. The molecule has 1 aromatic heterocycles. The highest BCUT2D eigenvalue weighted by Crippen LogP contribution is 2.23. The number of amides is 3. The van der Waals surface area contributed by atoms with Crippen LogP contribution in [-0.4, -0.2) is 19.0 Å². The van der Waals surface area contributed by atoms with Gasteiger partial charge in [0.2, 0.25) is 5.91 Å². The van der Waals surface area contributed by atoms with Gasteiger partial charge in [-0.05, 0) is 58.4 Å². The fraction of sp³-hybridized carbons (Fsp3) is 0.0667. The Labute approximate surface area is 140 Å². The number of halogens is 1. The minimum Gasteiger partial charge on any atom is -0.341 e. The zero-order chi connectivity index (χ0) is 15.9. The molecule has 114 valence electrons. The molecule has 22 heavy (non-hydrogen) atoms. The molecule has 2 rings (SSSR count). The Balaban J connectivity index is 1.91. The molecular formula is C15H14BrN3O2S. The Morgan fingerprint density at radius 3 is 2.23 bits per heavy atom. The number of hydrogen-bond donors (Lipinski definition) is 3. The third kappa shape index (κ3) is 5.01. The summed E-state index contributed by atoms with van der Waals surface area (Å²) in [7, 11) is 1.54. The molecule has 0 spiro atoms. The van der Waals surface area contributed by atoms with Gasteiger partial charge in [-0.25, -0.2) is 4.79 Å². The molecule has 7 heteroatoms. The Morgan fingerprint density at radius 2 is 1.68 bits per heavy atom. The van der Waals surface area contributed by atoms with Crippen LogP contribution in [0.4, 0.5) is 16.2 Å². The van der Waals surface area contributed by atoms with Crippen molar-refractivity contribution in [2.24, 2.45) is 0 Å². The van der Waals surface area contributed by atoms with Crippen LogP contribution in [0.15, 0.2) is 46.3 Å². The summed E-state index contributed by atoms with van der Waals surface area (Å²) in [5.41, 5.74) is 1.31. The van der Waals surface area contributed by atoms with E-state index in [-0.39, 0.29) is 11.9 Å². The predicted molar refractivity (Wildman–Crippen MR) is 94.2 cm³/mol. The van der Waals surface area contributed by atoms with Gasteiger partial charge in [0.15, 0.2) is 0 Å². The summed E-state index contributed by atoms with van der Waals surface area (Å²) in [6.45, 7) is 0. The molecule has 0 radical (unpaired) electrons. The van der Waals surface area contributed by atoms with Crippen LogP contribution in [0.1, 0.15) is 4.88 Å². The second-order valence-electron chi connectivity index (χ2n) is 4.25. The lowest BCUT2D eigenvalue weighted by Crippen LogP contribution is -2.24. The Bertz CT molecular complexity index is 695. The van der Waals surface area contributed by atoms with Crippen LogP contribution >= 0.6 is 27.3 Å². The minimum absolute atomic E-state index is 0.212. The van der Waals surface area contributed by atoms with Gasteiger partial charge in [0.25, 0.3) is 0 Å². The molecule has 0 saturated heterocycles. The first-order valence-electron chi connectivity index (χ1n) is 6.40. The van der Waals surface area contributed by atoms with Crippen molar-refractivity contribution in [1.29, 1.82) is 0 Å². The zero-order valence-corrected chi connectivity index (χ0v) is 14.1. The van der Waals surface area contributed by atoms with Gasteiger partial charge in [-0.3, -0.25) is 4.79 Å². The number of benzene rings is 1. The van der Waals surface area contributed by atoms with Crippen molar-refractivity contribution in [3.05, 3.63) is 51.1 Å². The number of thiophene rings is 1. The Hall–Kier alpha value is -2.12. The van der Waals surface area contributed by atoms with Crippen molar-refractivity contribution in [2.75, 3.05) is 17.7 Å². The molecule has 3 N–H and O–H groups in total. The smallest absolute Gasteiger partial charge is 0.318 e. The highest BCUT2D eigenvalue weighted by atomic mass is 79.9. The predicted octanol–water partition coefficient (Wildman–Crippen LogP) is 3.91. The third-order valence-electron chi connectivity index (χ3n) is 2.63. The van der Waals surface area contributed by atoms with Gasteiger partial charge in [0.05, 0.1) is 3.79 Å². The van der Waals surface area contributed by atoms with Gasteiger partial charge in [-0.2, -0.15) is 0 Å². The lowest BCUT2D eigenvalue weighted by Gasteiger charge is -2.06. The van der Waals surface area contributed by atoms with Crippen molar-refractivity contribution < 1.29 is 9.59 Å². The third-order valence-corrected chi connectivity index (χ3v) is 4.22. The number of carbonyl (C=O) groups excluding carboxylic acids is 2. The Morgan fingerprint density at radius 1 is 1.05 bits per heavy atom. The SMILES string of the molecule is CNC(=O)Nc1ccc(NC(=O)/C=C/c2ccc(Br)s2)cc1. The summed E-state index contributed by atoms with van der Waals surface area (Å²) in [5.74, 6) is -0.212. The average molecular weight is 380 g/mol. The number of nitrogens with one attached hydrogen (secondary N) is 3. The van der Waals surface area contributed by atoms with Crippen LogP contribution in [0.3, 0.4) is 0 Å². The van der Waals surface area contributed by atoms with Crippen molar-refractivity contribution in [1.82, 2.24) is 5.32 Å². The van der Waals surface area contributed by atoms with Crippen molar-refractivity contribution in [2.45, 2.75) is 0 Å². The lowest BCUT2D eigenvalue weighted by molar-refractivity contribution is -0.111. The van der Waals surface area contributed by atoms with E-state index in [2.05, 4.69) is 31.9 Å². The highest BCUT2D eigenvalue weighted by Gasteiger charge is 2.01. The summed E-state index contributed by atoms with van der Waals surface area (Å²) in [6, 6.07) is 10.4. The quantitative estimate of drug-likeness (QED) is 0.704. The second kappa shape index (κ2) is 7.77. The van der Waals surface area contributed by atoms with Gasteiger partial charge in [-0.15, -0.1) is 11.3 Å². The zero-order valence-electron chi connectivity index (χ0n) is 11.7. The molecular weight excluding hydrogens is 366 g/mol. The van der Waals surface area contributed by atoms with Crippen molar-refractivity contribution in [3.63, 3.8) is 0 Å². The summed E-state index contributed by atoms with van der Waals surface area (Å²) in [5, 5.41) is 7.86. The maximum atomic E-state index is 11.8. The molecule has 0 saturated carbocycles. The molecule has 0 aliphatic rings. The number of rotatable bonds is 4. The molecule has 1 heterocycles. The van der Waals surface area contributed by atoms with Crippen LogP contribution in [0, 0.1) is 0 Å². The fourth-order valence-electron chi connectivity index (χ4n) is 1.59. The van der Waals surface area contributed by atoms with E-state index in [1.54, 1.807) is 48.7 Å². The molecule has 0 unspecified atom stereocenters. The number of hydrogen-bond acceptors (Lipinski definition) is 3. The molecule has 0 bridgehead atoms. The standard InChI is InChI=1S/C15H14BrN3O2S/c1-17-15(21)19-11-4-2-10(3-5-11)18-14(20)9-7-12-6-8-13(16)22-12/h2-9H,1H3,(H,18,20)(H2,17,19,21)/b9-7+. The van der Waals surface area contributed by atoms with Gasteiger partial charge in [0.1, 0.15) is 0 Å². The van der Waals surface area contributed by atoms with Crippen LogP contribution < -0.4 is 16.0 Å². The summed E-state index contributed by atoms with van der Waals surface area (Å²) in [4.78, 5) is 24.0. The molecule has 1 aromatic carbocycles. The van der Waals surface area contributed by atoms with E-state index in [0.717, 1.165) is 8.66 Å². The molecule has 0 atom stereocenters. The van der Waals surface area contributed by atoms with Crippen LogP contribution in [-0.2, 0) is 4.79 Å². The first kappa shape index (κ1) is 16.3. The Kier molecular flexibility index (Phi) is 5.74. The number of carbonyl (C=O) groups is 2. The molecule has 5 nitrogen and oxygen atoms in total. The summed E-state index contributed by atoms with van der Waals surface area (Å²) in [6.07, 6.45) is 3.24. The van der Waals surface area contributed by atoms with Gasteiger partial charge in [0, 0.05) is 29.4 Å². The molecule has 2 aromatic rings. The van der Waals surface area contributed by atoms with E-state index in [9.17, 15) is 9.59 Å². The van der Waals surface area contributed by atoms with Gasteiger partial charge >= 0.3 is 6.03 Å². The van der Waals surface area contributed by atoms with E-state index in [4.69, 9.17) is 0 Å². The average Bonchev–Trinajstić information content (AvgIpc) is 2.92. The second-order valence-corrected chi connectivity index (χ2v) is 6.74. The lowest BCUT2D eigenvalue weighted by atomic mass is 10.2. The topological polar surface area (TPSA) is 70.2 Å². The van der Waals surface area contributed by atoms with Crippen LogP contribution in [0.5, 0.6) is 0 Å². The van der Waals surface area contributed by atoms with Crippen LogP contribution in [0.25, 0.3) is 6.08 Å². The van der Waals surface area contributed by atoms with Crippen molar-refractivity contribution in [3.8, 4) is 0 Å². The summed E-state index contributed by atoms with van der Waals surface area (Å²) >= 11 is 4.92. The maximum absolute atomic E-state index is 11.8.